The standard InChI is InChI=1S/C9H6ClNO2S/c1-13-9(12)5-4-14-8-6(10)2-3-11-7(5)8/h2-4H,1H3. The predicted octanol–water partition coefficient (Wildman–Crippen LogP) is 2.74. The van der Waals surface area contributed by atoms with Crippen molar-refractivity contribution in [1.82, 2.24) is 4.98 Å². The highest BCUT2D eigenvalue weighted by atomic mass is 35.5. The molecular formula is C9H6ClNO2S. The van der Waals surface area contributed by atoms with Crippen molar-refractivity contribution in [1.29, 1.82) is 0 Å². The van der Waals surface area contributed by atoms with Gasteiger partial charge in [-0.1, -0.05) is 11.6 Å². The van der Waals surface area contributed by atoms with Crippen molar-refractivity contribution in [2.45, 2.75) is 0 Å². The fraction of sp³-hybridized carbons (Fsp3) is 0.111. The maximum absolute atomic E-state index is 11.3. The van der Waals surface area contributed by atoms with Gasteiger partial charge in [0.15, 0.2) is 0 Å². The molecule has 0 unspecified atom stereocenters. The SMILES string of the molecule is COC(=O)c1csc2c(Cl)ccnc12. The van der Waals surface area contributed by atoms with Crippen molar-refractivity contribution in [2.75, 3.05) is 7.11 Å². The molecule has 0 aliphatic heterocycles. The minimum Gasteiger partial charge on any atom is -0.465 e. The molecule has 0 N–H and O–H groups in total. The fourth-order valence-corrected chi connectivity index (χ4v) is 2.33. The molecule has 0 saturated heterocycles. The minimum atomic E-state index is -0.383. The molecule has 0 atom stereocenters. The summed E-state index contributed by atoms with van der Waals surface area (Å²) in [6, 6.07) is 1.70. The van der Waals surface area contributed by atoms with Crippen LogP contribution in [-0.4, -0.2) is 18.1 Å². The van der Waals surface area contributed by atoms with Gasteiger partial charge in [-0.05, 0) is 6.07 Å². The summed E-state index contributed by atoms with van der Waals surface area (Å²) in [5, 5.41) is 2.31. The Morgan fingerprint density at radius 1 is 1.64 bits per heavy atom. The summed E-state index contributed by atoms with van der Waals surface area (Å²) < 4.78 is 5.44. The first kappa shape index (κ1) is 9.43. The van der Waals surface area contributed by atoms with Gasteiger partial charge in [0, 0.05) is 11.6 Å². The number of aromatic nitrogens is 1. The zero-order chi connectivity index (χ0) is 10.1. The number of hydrogen-bond donors (Lipinski definition) is 0. The Bertz CT molecular complexity index is 495. The number of hydrogen-bond acceptors (Lipinski definition) is 4. The molecule has 2 rings (SSSR count). The second-order valence-corrected chi connectivity index (χ2v) is 3.90. The molecule has 2 aromatic rings. The first-order valence-corrected chi connectivity index (χ1v) is 5.10. The second kappa shape index (κ2) is 3.55. The van der Waals surface area contributed by atoms with Crippen molar-refractivity contribution in [3.05, 3.63) is 28.2 Å². The Labute approximate surface area is 89.3 Å². The molecule has 0 radical (unpaired) electrons. The third-order valence-electron chi connectivity index (χ3n) is 1.81. The Morgan fingerprint density at radius 3 is 3.14 bits per heavy atom. The summed E-state index contributed by atoms with van der Waals surface area (Å²) in [5.74, 6) is -0.383. The normalized spacial score (nSPS) is 10.4. The van der Waals surface area contributed by atoms with Crippen LogP contribution in [0.15, 0.2) is 17.6 Å². The zero-order valence-corrected chi connectivity index (χ0v) is 8.85. The number of esters is 1. The average Bonchev–Trinajstić information content (AvgIpc) is 2.62. The quantitative estimate of drug-likeness (QED) is 0.704. The minimum absolute atomic E-state index is 0.383. The number of fused-ring (bicyclic) bond motifs is 1. The smallest absolute Gasteiger partial charge is 0.340 e. The molecule has 5 heteroatoms. The summed E-state index contributed by atoms with van der Waals surface area (Å²) >= 11 is 7.33. The number of methoxy groups -OCH3 is 1. The number of halogens is 1. The fourth-order valence-electron chi connectivity index (χ4n) is 1.16. The van der Waals surface area contributed by atoms with Crippen LogP contribution in [0.3, 0.4) is 0 Å². The number of carbonyl (C=O) groups excluding carboxylic acids is 1. The van der Waals surface area contributed by atoms with E-state index in [0.717, 1.165) is 4.70 Å². The number of nitrogens with zero attached hydrogens (tertiary/aromatic N) is 1. The summed E-state index contributed by atoms with van der Waals surface area (Å²) in [6.45, 7) is 0. The molecular weight excluding hydrogens is 222 g/mol. The summed E-state index contributed by atoms with van der Waals surface area (Å²) in [6.07, 6.45) is 1.57. The summed E-state index contributed by atoms with van der Waals surface area (Å²) in [7, 11) is 1.34. The van der Waals surface area contributed by atoms with Crippen LogP contribution >= 0.6 is 22.9 Å². The third-order valence-corrected chi connectivity index (χ3v) is 3.24. The van der Waals surface area contributed by atoms with Gasteiger partial charge in [-0.25, -0.2) is 4.79 Å². The van der Waals surface area contributed by atoms with E-state index in [4.69, 9.17) is 11.6 Å². The molecule has 2 aromatic heterocycles. The molecule has 0 amide bonds. The first-order valence-electron chi connectivity index (χ1n) is 3.84. The number of pyridine rings is 1. The summed E-state index contributed by atoms with van der Waals surface area (Å²) in [5.41, 5.74) is 1.07. The molecule has 0 aliphatic carbocycles. The number of thiophene rings is 1. The van der Waals surface area contributed by atoms with Crippen molar-refractivity contribution >= 4 is 39.1 Å². The van der Waals surface area contributed by atoms with Crippen molar-refractivity contribution in [3.63, 3.8) is 0 Å². The molecule has 0 spiro atoms. The molecule has 0 aliphatic rings. The largest absolute Gasteiger partial charge is 0.465 e. The highest BCUT2D eigenvalue weighted by Gasteiger charge is 2.14. The maximum Gasteiger partial charge on any atom is 0.340 e. The maximum atomic E-state index is 11.3. The molecule has 0 bridgehead atoms. The van der Waals surface area contributed by atoms with Crippen molar-refractivity contribution in [3.8, 4) is 0 Å². The van der Waals surface area contributed by atoms with Crippen molar-refractivity contribution in [2.24, 2.45) is 0 Å². The van der Waals surface area contributed by atoms with Crippen LogP contribution in [0.2, 0.25) is 5.02 Å². The van der Waals surface area contributed by atoms with E-state index in [1.54, 1.807) is 17.6 Å². The summed E-state index contributed by atoms with van der Waals surface area (Å²) in [4.78, 5) is 15.4. The van der Waals surface area contributed by atoms with E-state index >= 15 is 0 Å². The van der Waals surface area contributed by atoms with Crippen LogP contribution in [0.4, 0.5) is 0 Å². The molecule has 72 valence electrons. The Morgan fingerprint density at radius 2 is 2.43 bits per heavy atom. The van der Waals surface area contributed by atoms with Crippen LogP contribution in [0.1, 0.15) is 10.4 Å². The van der Waals surface area contributed by atoms with Gasteiger partial charge in [-0.15, -0.1) is 11.3 Å². The van der Waals surface area contributed by atoms with Crippen LogP contribution in [0, 0.1) is 0 Å². The molecule has 0 saturated carbocycles. The number of ether oxygens (including phenoxy) is 1. The third kappa shape index (κ3) is 1.36. The molecule has 3 nitrogen and oxygen atoms in total. The highest BCUT2D eigenvalue weighted by Crippen LogP contribution is 2.30. The van der Waals surface area contributed by atoms with E-state index < -0.39 is 0 Å². The lowest BCUT2D eigenvalue weighted by atomic mass is 10.3. The van der Waals surface area contributed by atoms with Crippen molar-refractivity contribution < 1.29 is 9.53 Å². The van der Waals surface area contributed by atoms with E-state index in [0.29, 0.717) is 16.1 Å². The van der Waals surface area contributed by atoms with Gasteiger partial charge < -0.3 is 4.74 Å². The monoisotopic (exact) mass is 227 g/mol. The van der Waals surface area contributed by atoms with Crippen LogP contribution in [0.5, 0.6) is 0 Å². The Hall–Kier alpha value is -1.13. The van der Waals surface area contributed by atoms with E-state index in [1.165, 1.54) is 18.4 Å². The van der Waals surface area contributed by atoms with E-state index in [2.05, 4.69) is 9.72 Å². The lowest BCUT2D eigenvalue weighted by Crippen LogP contribution is -1.99. The highest BCUT2D eigenvalue weighted by molar-refractivity contribution is 7.18. The first-order chi connectivity index (χ1) is 6.74. The topological polar surface area (TPSA) is 39.2 Å². The predicted molar refractivity (Wildman–Crippen MR) is 56.0 cm³/mol. The lowest BCUT2D eigenvalue weighted by Gasteiger charge is -1.96. The number of carbonyl (C=O) groups is 1. The van der Waals surface area contributed by atoms with Gasteiger partial charge in [0.05, 0.1) is 27.9 Å². The molecule has 0 fully saturated rings. The van der Waals surface area contributed by atoms with Gasteiger partial charge >= 0.3 is 5.97 Å². The molecule has 0 aromatic carbocycles. The number of rotatable bonds is 1. The van der Waals surface area contributed by atoms with Crippen LogP contribution in [-0.2, 0) is 4.74 Å². The van der Waals surface area contributed by atoms with Gasteiger partial charge in [-0.2, -0.15) is 0 Å². The van der Waals surface area contributed by atoms with Gasteiger partial charge in [0.1, 0.15) is 0 Å². The molecule has 2 heterocycles. The second-order valence-electron chi connectivity index (χ2n) is 2.61. The van der Waals surface area contributed by atoms with Gasteiger partial charge in [-0.3, -0.25) is 4.98 Å². The lowest BCUT2D eigenvalue weighted by molar-refractivity contribution is 0.0603. The Kier molecular flexibility index (Phi) is 2.39. The van der Waals surface area contributed by atoms with Gasteiger partial charge in [0.2, 0.25) is 0 Å². The molecule has 14 heavy (non-hydrogen) atoms. The van der Waals surface area contributed by atoms with Crippen LogP contribution < -0.4 is 0 Å². The van der Waals surface area contributed by atoms with Gasteiger partial charge in [0.25, 0.3) is 0 Å². The Balaban J connectivity index is 2.70. The van der Waals surface area contributed by atoms with E-state index in [9.17, 15) is 4.79 Å². The zero-order valence-electron chi connectivity index (χ0n) is 7.28. The van der Waals surface area contributed by atoms with E-state index in [-0.39, 0.29) is 5.97 Å². The average molecular weight is 228 g/mol. The van der Waals surface area contributed by atoms with E-state index in [1.807, 2.05) is 0 Å². The van der Waals surface area contributed by atoms with Crippen LogP contribution in [0.25, 0.3) is 10.2 Å².